The van der Waals surface area contributed by atoms with Gasteiger partial charge in [-0.2, -0.15) is 0 Å². The average Bonchev–Trinajstić information content (AvgIpc) is 3.01. The van der Waals surface area contributed by atoms with Gasteiger partial charge in [0, 0.05) is 0 Å². The first kappa shape index (κ1) is 14.9. The quantitative estimate of drug-likeness (QED) is 0.525. The van der Waals surface area contributed by atoms with E-state index in [4.69, 9.17) is 0 Å². The van der Waals surface area contributed by atoms with Gasteiger partial charge in [0.25, 0.3) is 0 Å². The molecule has 0 heterocycles. The monoisotopic (exact) mass is 276 g/mol. The van der Waals surface area contributed by atoms with Crippen molar-refractivity contribution in [1.29, 1.82) is 0 Å². The van der Waals surface area contributed by atoms with E-state index in [9.17, 15) is 0 Å². The molecule has 3 aliphatic carbocycles. The molecule has 0 saturated heterocycles. The van der Waals surface area contributed by atoms with Crippen LogP contribution >= 0.6 is 0 Å². The van der Waals surface area contributed by atoms with Crippen molar-refractivity contribution in [3.8, 4) is 0 Å². The van der Waals surface area contributed by atoms with Gasteiger partial charge in [-0.25, -0.2) is 0 Å². The summed E-state index contributed by atoms with van der Waals surface area (Å²) < 4.78 is 0. The summed E-state index contributed by atoms with van der Waals surface area (Å²) in [6.07, 6.45) is 24.7. The highest BCUT2D eigenvalue weighted by Gasteiger charge is 2.55. The van der Waals surface area contributed by atoms with E-state index in [-0.39, 0.29) is 0 Å². The Bertz CT molecular complexity index is 280. The van der Waals surface area contributed by atoms with Gasteiger partial charge in [-0.3, -0.25) is 0 Å². The molecule has 0 unspecified atom stereocenters. The average molecular weight is 277 g/mol. The molecule has 0 amide bonds. The van der Waals surface area contributed by atoms with Crippen LogP contribution in [0.3, 0.4) is 0 Å². The van der Waals surface area contributed by atoms with E-state index in [1.807, 2.05) is 0 Å². The van der Waals surface area contributed by atoms with Gasteiger partial charge in [-0.1, -0.05) is 64.7 Å². The third kappa shape index (κ3) is 2.46. The highest BCUT2D eigenvalue weighted by Crippen LogP contribution is 2.65. The standard InChI is InChI=1S/C20H36/c1-2-13-19(14-7-4-8-15-19)20(16-9-10-17-20)18-11-5-3-6-12-18/h18H,2-17H2,1H3. The van der Waals surface area contributed by atoms with Gasteiger partial charge in [-0.15, -0.1) is 0 Å². The smallest absolute Gasteiger partial charge is 0.0213 e. The Labute approximate surface area is 127 Å². The first-order valence-electron chi connectivity index (χ1n) is 9.83. The molecular formula is C20H36. The van der Waals surface area contributed by atoms with Crippen LogP contribution in [0.25, 0.3) is 0 Å². The molecule has 0 aromatic carbocycles. The van der Waals surface area contributed by atoms with Crippen LogP contribution in [0.5, 0.6) is 0 Å². The molecule has 3 fully saturated rings. The van der Waals surface area contributed by atoms with Crippen LogP contribution in [0.4, 0.5) is 0 Å². The summed E-state index contributed by atoms with van der Waals surface area (Å²) in [6, 6.07) is 0. The molecule has 3 aliphatic rings. The van der Waals surface area contributed by atoms with Crippen molar-refractivity contribution in [2.75, 3.05) is 0 Å². The molecule has 0 atom stereocenters. The molecule has 0 spiro atoms. The highest BCUT2D eigenvalue weighted by molar-refractivity contribution is 5.05. The molecule has 20 heavy (non-hydrogen) atoms. The van der Waals surface area contributed by atoms with E-state index >= 15 is 0 Å². The van der Waals surface area contributed by atoms with E-state index < -0.39 is 0 Å². The number of rotatable bonds is 4. The van der Waals surface area contributed by atoms with Crippen molar-refractivity contribution >= 4 is 0 Å². The van der Waals surface area contributed by atoms with E-state index in [1.165, 1.54) is 44.9 Å². The van der Waals surface area contributed by atoms with Crippen molar-refractivity contribution in [2.45, 2.75) is 110 Å². The lowest BCUT2D eigenvalue weighted by Crippen LogP contribution is -2.47. The zero-order valence-corrected chi connectivity index (χ0v) is 13.9. The Morgan fingerprint density at radius 1 is 0.700 bits per heavy atom. The summed E-state index contributed by atoms with van der Waals surface area (Å²) >= 11 is 0. The fourth-order valence-corrected chi connectivity index (χ4v) is 6.74. The minimum atomic E-state index is 0.762. The molecule has 116 valence electrons. The number of hydrogen-bond donors (Lipinski definition) is 0. The van der Waals surface area contributed by atoms with E-state index in [0.717, 1.165) is 16.7 Å². The van der Waals surface area contributed by atoms with Gasteiger partial charge in [0.1, 0.15) is 0 Å². The first-order chi connectivity index (χ1) is 9.83. The second kappa shape index (κ2) is 6.41. The first-order valence-corrected chi connectivity index (χ1v) is 9.83. The van der Waals surface area contributed by atoms with Gasteiger partial charge in [0.2, 0.25) is 0 Å². The van der Waals surface area contributed by atoms with Crippen LogP contribution in [0.1, 0.15) is 110 Å². The Balaban J connectivity index is 1.89. The predicted molar refractivity (Wildman–Crippen MR) is 87.9 cm³/mol. The Morgan fingerprint density at radius 3 is 1.85 bits per heavy atom. The fraction of sp³-hybridized carbons (Fsp3) is 1.00. The van der Waals surface area contributed by atoms with E-state index in [0.29, 0.717) is 0 Å². The molecule has 0 nitrogen and oxygen atoms in total. The van der Waals surface area contributed by atoms with Crippen molar-refractivity contribution < 1.29 is 0 Å². The maximum atomic E-state index is 2.44. The molecule has 0 bridgehead atoms. The minimum Gasteiger partial charge on any atom is -0.0654 e. The van der Waals surface area contributed by atoms with Crippen LogP contribution in [-0.2, 0) is 0 Å². The van der Waals surface area contributed by atoms with Crippen LogP contribution in [0, 0.1) is 16.7 Å². The maximum Gasteiger partial charge on any atom is -0.0213 e. The summed E-state index contributed by atoms with van der Waals surface area (Å²) in [5.41, 5.74) is 1.54. The second-order valence-electron chi connectivity index (χ2n) is 8.29. The largest absolute Gasteiger partial charge is 0.0654 e. The van der Waals surface area contributed by atoms with Gasteiger partial charge in [-0.05, 0) is 61.7 Å². The summed E-state index contributed by atoms with van der Waals surface area (Å²) in [5.74, 6) is 1.10. The van der Waals surface area contributed by atoms with Gasteiger partial charge in [0.15, 0.2) is 0 Å². The zero-order chi connectivity index (χ0) is 13.9. The Morgan fingerprint density at radius 2 is 1.25 bits per heavy atom. The molecule has 0 N–H and O–H groups in total. The minimum absolute atomic E-state index is 0.762. The third-order valence-corrected chi connectivity index (χ3v) is 7.48. The van der Waals surface area contributed by atoms with Crippen molar-refractivity contribution in [3.63, 3.8) is 0 Å². The van der Waals surface area contributed by atoms with Crippen molar-refractivity contribution in [3.05, 3.63) is 0 Å². The molecule has 0 aromatic rings. The van der Waals surface area contributed by atoms with Gasteiger partial charge < -0.3 is 0 Å². The SMILES string of the molecule is CCCC1(C2(C3CCCCC3)CCCC2)CCCCC1. The normalized spacial score (nSPS) is 30.4. The molecule has 3 rings (SSSR count). The summed E-state index contributed by atoms with van der Waals surface area (Å²) in [4.78, 5) is 0. The van der Waals surface area contributed by atoms with Crippen LogP contribution in [-0.4, -0.2) is 0 Å². The van der Waals surface area contributed by atoms with Crippen molar-refractivity contribution in [1.82, 2.24) is 0 Å². The zero-order valence-electron chi connectivity index (χ0n) is 13.9. The summed E-state index contributed by atoms with van der Waals surface area (Å²) in [7, 11) is 0. The summed E-state index contributed by atoms with van der Waals surface area (Å²) in [6.45, 7) is 2.44. The van der Waals surface area contributed by atoms with Crippen molar-refractivity contribution in [2.24, 2.45) is 16.7 Å². The lowest BCUT2D eigenvalue weighted by atomic mass is 9.48. The van der Waals surface area contributed by atoms with E-state index in [2.05, 4.69) is 6.92 Å². The lowest BCUT2D eigenvalue weighted by molar-refractivity contribution is -0.0670. The molecule has 0 heteroatoms. The molecule has 0 aromatic heterocycles. The van der Waals surface area contributed by atoms with Crippen LogP contribution < -0.4 is 0 Å². The Hall–Kier alpha value is 0. The van der Waals surface area contributed by atoms with Gasteiger partial charge in [0.05, 0.1) is 0 Å². The maximum absolute atomic E-state index is 2.44. The number of hydrogen-bond acceptors (Lipinski definition) is 0. The third-order valence-electron chi connectivity index (χ3n) is 7.48. The Kier molecular flexibility index (Phi) is 4.78. The molecule has 3 saturated carbocycles. The second-order valence-corrected chi connectivity index (χ2v) is 8.29. The van der Waals surface area contributed by atoms with Crippen LogP contribution in [0.15, 0.2) is 0 Å². The summed E-state index contributed by atoms with van der Waals surface area (Å²) in [5, 5.41) is 0. The molecule has 0 radical (unpaired) electrons. The topological polar surface area (TPSA) is 0 Å². The molecular weight excluding hydrogens is 240 g/mol. The fourth-order valence-electron chi connectivity index (χ4n) is 6.74. The predicted octanol–water partition coefficient (Wildman–Crippen LogP) is 6.88. The van der Waals surface area contributed by atoms with E-state index in [1.54, 1.807) is 57.8 Å². The lowest BCUT2D eigenvalue weighted by Gasteiger charge is -2.56. The van der Waals surface area contributed by atoms with Crippen LogP contribution in [0.2, 0.25) is 0 Å². The van der Waals surface area contributed by atoms with Gasteiger partial charge >= 0.3 is 0 Å². The molecule has 0 aliphatic heterocycles. The highest BCUT2D eigenvalue weighted by atomic mass is 14.6.